The van der Waals surface area contributed by atoms with E-state index in [1.807, 2.05) is 164 Å². The van der Waals surface area contributed by atoms with E-state index in [-0.39, 0.29) is 17.2 Å². The summed E-state index contributed by atoms with van der Waals surface area (Å²) >= 11 is 0. The van der Waals surface area contributed by atoms with Crippen LogP contribution in [0.1, 0.15) is 11.1 Å². The fraction of sp³-hybridized carbons (Fsp3) is 0.0217. The van der Waals surface area contributed by atoms with Gasteiger partial charge in [0.15, 0.2) is 0 Å². The van der Waals surface area contributed by atoms with Gasteiger partial charge < -0.3 is 27.4 Å². The van der Waals surface area contributed by atoms with Crippen LogP contribution in [0.15, 0.2) is 328 Å². The third-order valence-corrected chi connectivity index (χ3v) is 21.4. The first-order chi connectivity index (χ1) is 50.9. The highest BCUT2D eigenvalue weighted by atomic mass is 19.4. The lowest BCUT2D eigenvalue weighted by molar-refractivity contribution is -0.143. The summed E-state index contributed by atoms with van der Waals surface area (Å²) in [5, 5.41) is 10.8. The summed E-state index contributed by atoms with van der Waals surface area (Å²) in [5.41, 5.74) is 11.4. The molecule has 0 bridgehead atoms. The quantitative estimate of drug-likeness (QED) is 0.136. The molecule has 0 saturated carbocycles. The first kappa shape index (κ1) is 59.5. The molecule has 0 radical (unpaired) electrons. The molecule has 0 unspecified atom stereocenters. The largest absolute Gasteiger partial charge is 0.416 e. The minimum absolute atomic E-state index is 0.101. The molecule has 0 spiro atoms. The molecular formula is C92H54F6N6. The van der Waals surface area contributed by atoms with Crippen molar-refractivity contribution in [2.24, 2.45) is 0 Å². The highest BCUT2D eigenvalue weighted by molar-refractivity contribution is 6.20. The van der Waals surface area contributed by atoms with Gasteiger partial charge in [-0.3, -0.25) is 0 Å². The summed E-state index contributed by atoms with van der Waals surface area (Å²) < 4.78 is 112. The summed E-state index contributed by atoms with van der Waals surface area (Å²) in [6.45, 7) is 0. The molecule has 0 saturated heterocycles. The maximum atomic E-state index is 16.4. The fourth-order valence-corrected chi connectivity index (χ4v) is 17.2. The SMILES string of the molecule is FC(F)(F)c1cc(-c2c(-n3c4ccccc4c4ccccc43)c(-n3c4ccccc4c4ccccc43)c(-n3c4ccccc4c4cc(-c5ccc6c(c5)c5ccccc5n6-c5ccccc5)ccc43)c(-n3c4ccccc4c4ccccc43)c2-n2c3ccccc3c3ccccc32)cc(C(F)(F)F)c1. The molecule has 6 nitrogen and oxygen atoms in total. The van der Waals surface area contributed by atoms with Crippen LogP contribution in [0, 0.1) is 0 Å². The number of nitrogens with zero attached hydrogens (tertiary/aromatic N) is 6. The number of alkyl halides is 6. The van der Waals surface area contributed by atoms with E-state index in [0.717, 1.165) is 138 Å². The van der Waals surface area contributed by atoms with Gasteiger partial charge in [-0.05, 0) is 132 Å². The van der Waals surface area contributed by atoms with Gasteiger partial charge in [-0.2, -0.15) is 26.3 Å². The molecule has 0 aliphatic rings. The molecule has 21 rings (SSSR count). The standard InChI is InChI=1S/C92H54F6N6/c93-91(94,95)58-50-57(51-59(54-58)92(96,97)98)85-86(100-74-37-15-4-26-61(74)62-27-5-16-38-75(62)100)88(102-78-41-19-8-30-65(78)66-31-9-20-42-79(66)102)90(89(103-80-43-21-10-32-67(80)68-33-11-22-44-81(68)103)87(85)101-76-39-17-6-28-63(76)64-29-7-18-40-77(64)101)104-82-45-23-13-35-70(82)72-53-56(47-49-84(72)104)55-46-48-83-71(52-55)69-34-12-14-36-73(69)99(83)60-24-2-1-3-25-60/h1-54H. The van der Waals surface area contributed by atoms with Crippen molar-refractivity contribution in [1.29, 1.82) is 0 Å². The van der Waals surface area contributed by atoms with Gasteiger partial charge >= 0.3 is 12.4 Å². The van der Waals surface area contributed by atoms with Gasteiger partial charge in [0.05, 0.1) is 106 Å². The molecular weight excluding hydrogens is 1300 g/mol. The fourth-order valence-electron chi connectivity index (χ4n) is 17.2. The first-order valence-corrected chi connectivity index (χ1v) is 34.6. The van der Waals surface area contributed by atoms with Gasteiger partial charge in [0.1, 0.15) is 0 Å². The molecule has 0 aliphatic carbocycles. The number of aromatic nitrogens is 6. The Morgan fingerprint density at radius 3 is 0.683 bits per heavy atom. The predicted octanol–water partition coefficient (Wildman–Crippen LogP) is 25.6. The Hall–Kier alpha value is -13.3. The molecule has 6 heterocycles. The number of hydrogen-bond donors (Lipinski definition) is 0. The summed E-state index contributed by atoms with van der Waals surface area (Å²) in [6.07, 6.45) is -10.5. The highest BCUT2D eigenvalue weighted by Crippen LogP contribution is 2.56. The van der Waals surface area contributed by atoms with E-state index in [1.165, 1.54) is 0 Å². The van der Waals surface area contributed by atoms with Crippen LogP contribution < -0.4 is 0 Å². The summed E-state index contributed by atoms with van der Waals surface area (Å²) in [4.78, 5) is 0. The molecule has 21 aromatic rings. The summed E-state index contributed by atoms with van der Waals surface area (Å²) in [7, 11) is 0. The van der Waals surface area contributed by atoms with Crippen LogP contribution >= 0.6 is 0 Å². The molecule has 12 heteroatoms. The Morgan fingerprint density at radius 1 is 0.173 bits per heavy atom. The van der Waals surface area contributed by atoms with Crippen LogP contribution in [0.5, 0.6) is 0 Å². The lowest BCUT2D eigenvalue weighted by atomic mass is 9.92. The van der Waals surface area contributed by atoms with E-state index < -0.39 is 23.5 Å². The average Bonchev–Trinajstić information content (AvgIpc) is 1.50. The van der Waals surface area contributed by atoms with Crippen LogP contribution in [0.25, 0.3) is 187 Å². The van der Waals surface area contributed by atoms with E-state index in [0.29, 0.717) is 50.5 Å². The molecule has 0 atom stereocenters. The van der Waals surface area contributed by atoms with Crippen molar-refractivity contribution in [1.82, 2.24) is 27.4 Å². The molecule has 0 fully saturated rings. The van der Waals surface area contributed by atoms with Crippen LogP contribution in [0.2, 0.25) is 0 Å². The van der Waals surface area contributed by atoms with Crippen molar-refractivity contribution in [3.63, 3.8) is 0 Å². The van der Waals surface area contributed by atoms with E-state index in [9.17, 15) is 0 Å². The van der Waals surface area contributed by atoms with Crippen molar-refractivity contribution in [2.45, 2.75) is 12.4 Å². The second-order valence-electron chi connectivity index (χ2n) is 26.9. The maximum absolute atomic E-state index is 16.4. The summed E-state index contributed by atoms with van der Waals surface area (Å²) in [5.74, 6) is 0. The van der Waals surface area contributed by atoms with Gasteiger partial charge in [0.2, 0.25) is 0 Å². The second-order valence-corrected chi connectivity index (χ2v) is 26.9. The van der Waals surface area contributed by atoms with Crippen molar-refractivity contribution in [3.05, 3.63) is 339 Å². The number of rotatable bonds is 8. The van der Waals surface area contributed by atoms with Crippen molar-refractivity contribution in [3.8, 4) is 56.4 Å². The Balaban J connectivity index is 1.06. The van der Waals surface area contributed by atoms with Gasteiger partial charge in [-0.25, -0.2) is 0 Å². The van der Waals surface area contributed by atoms with E-state index in [1.54, 1.807) is 0 Å². The number of halogens is 6. The van der Waals surface area contributed by atoms with Crippen molar-refractivity contribution in [2.75, 3.05) is 0 Å². The van der Waals surface area contributed by atoms with Gasteiger partial charge in [0, 0.05) is 75.9 Å². The van der Waals surface area contributed by atoms with Crippen molar-refractivity contribution >= 4 is 131 Å². The molecule has 0 N–H and O–H groups in total. The van der Waals surface area contributed by atoms with Crippen LogP contribution in [0.4, 0.5) is 26.3 Å². The number of hydrogen-bond acceptors (Lipinski definition) is 0. The lowest BCUT2D eigenvalue weighted by Gasteiger charge is -2.32. The zero-order valence-electron chi connectivity index (χ0n) is 55.1. The number of para-hydroxylation sites is 11. The highest BCUT2D eigenvalue weighted by Gasteiger charge is 2.41. The molecule has 0 amide bonds. The van der Waals surface area contributed by atoms with E-state index >= 15 is 26.3 Å². The minimum atomic E-state index is -5.25. The summed E-state index contributed by atoms with van der Waals surface area (Å²) in [6, 6.07) is 107. The van der Waals surface area contributed by atoms with Gasteiger partial charge in [-0.15, -0.1) is 0 Å². The maximum Gasteiger partial charge on any atom is 0.416 e. The first-order valence-electron chi connectivity index (χ1n) is 34.6. The van der Waals surface area contributed by atoms with Crippen LogP contribution in [-0.4, -0.2) is 27.4 Å². The second kappa shape index (κ2) is 22.1. The molecule has 15 aromatic carbocycles. The predicted molar refractivity (Wildman–Crippen MR) is 413 cm³/mol. The Kier molecular flexibility index (Phi) is 12.6. The molecule has 6 aromatic heterocycles. The zero-order chi connectivity index (χ0) is 69.4. The van der Waals surface area contributed by atoms with Gasteiger partial charge in [0.25, 0.3) is 0 Å². The Morgan fingerprint density at radius 2 is 0.394 bits per heavy atom. The van der Waals surface area contributed by atoms with E-state index in [4.69, 9.17) is 0 Å². The van der Waals surface area contributed by atoms with Gasteiger partial charge in [-0.1, -0.05) is 212 Å². The zero-order valence-corrected chi connectivity index (χ0v) is 55.1. The Labute approximate surface area is 588 Å². The lowest BCUT2D eigenvalue weighted by Crippen LogP contribution is -2.19. The normalized spacial score (nSPS) is 12.5. The third kappa shape index (κ3) is 8.53. The van der Waals surface area contributed by atoms with Crippen molar-refractivity contribution < 1.29 is 26.3 Å². The molecule has 494 valence electrons. The van der Waals surface area contributed by atoms with Crippen LogP contribution in [0.3, 0.4) is 0 Å². The Bertz CT molecular complexity index is 6710. The average molecular weight is 1360 g/mol. The van der Waals surface area contributed by atoms with Crippen LogP contribution in [-0.2, 0) is 12.4 Å². The minimum Gasteiger partial charge on any atom is -0.309 e. The smallest absolute Gasteiger partial charge is 0.309 e. The van der Waals surface area contributed by atoms with E-state index in [2.05, 4.69) is 173 Å². The number of benzene rings is 15. The monoisotopic (exact) mass is 1360 g/mol. The third-order valence-electron chi connectivity index (χ3n) is 21.4. The topological polar surface area (TPSA) is 29.6 Å². The molecule has 104 heavy (non-hydrogen) atoms. The molecule has 0 aliphatic heterocycles. The number of fused-ring (bicyclic) bond motifs is 18.